The Hall–Kier alpha value is -4.99. The number of ether oxygens (including phenoxy) is 1. The molecule has 42 heavy (non-hydrogen) atoms. The molecule has 0 radical (unpaired) electrons. The smallest absolute Gasteiger partial charge is 0.258 e. The van der Waals surface area contributed by atoms with E-state index in [1.54, 1.807) is 0 Å². The van der Waals surface area contributed by atoms with Crippen molar-refractivity contribution in [2.24, 2.45) is 5.73 Å². The summed E-state index contributed by atoms with van der Waals surface area (Å²) in [6, 6.07) is 46.2. The third kappa shape index (κ3) is 5.60. The van der Waals surface area contributed by atoms with Crippen LogP contribution in [-0.2, 0) is 9.59 Å². The standard InChI is InChI=1S/C36H29N2O3P/c37-33(39)23-38-34(40)24-41-31-21-19-25-11-7-9-17-29(25)35(31)36-30-18-10-8-12-26(30)20-22-32(36)42(27-13-3-1-4-14-27)28-15-5-2-6-16-28/h1-22H,23-24H2,(H2,37,39)(H,38,40). The number of fused-ring (bicyclic) bond motifs is 2. The quantitative estimate of drug-likeness (QED) is 0.229. The Morgan fingerprint density at radius 1 is 0.619 bits per heavy atom. The molecule has 0 bridgehead atoms. The molecule has 0 spiro atoms. The van der Waals surface area contributed by atoms with Gasteiger partial charge in [0, 0.05) is 11.1 Å². The van der Waals surface area contributed by atoms with Crippen LogP contribution >= 0.6 is 7.92 Å². The maximum Gasteiger partial charge on any atom is 0.258 e. The van der Waals surface area contributed by atoms with Gasteiger partial charge >= 0.3 is 0 Å². The molecule has 2 amide bonds. The molecule has 0 atom stereocenters. The van der Waals surface area contributed by atoms with E-state index >= 15 is 0 Å². The molecule has 5 nitrogen and oxygen atoms in total. The van der Waals surface area contributed by atoms with Crippen LogP contribution in [0.1, 0.15) is 0 Å². The molecule has 6 heteroatoms. The molecule has 0 unspecified atom stereocenters. The highest BCUT2D eigenvalue weighted by Crippen LogP contribution is 2.45. The minimum absolute atomic E-state index is 0.237. The number of hydrogen-bond acceptors (Lipinski definition) is 3. The number of nitrogens with one attached hydrogen (secondary N) is 1. The van der Waals surface area contributed by atoms with Crippen LogP contribution in [-0.4, -0.2) is 25.0 Å². The summed E-state index contributed by atoms with van der Waals surface area (Å²) in [4.78, 5) is 23.7. The third-order valence-corrected chi connectivity index (χ3v) is 9.62. The van der Waals surface area contributed by atoms with Crippen molar-refractivity contribution in [2.75, 3.05) is 13.2 Å². The van der Waals surface area contributed by atoms with Crippen molar-refractivity contribution in [3.05, 3.63) is 133 Å². The zero-order chi connectivity index (χ0) is 28.9. The topological polar surface area (TPSA) is 81.4 Å². The fraction of sp³-hybridized carbons (Fsp3) is 0.0556. The Morgan fingerprint density at radius 2 is 1.14 bits per heavy atom. The molecule has 0 saturated carbocycles. The molecule has 206 valence electrons. The van der Waals surface area contributed by atoms with E-state index in [1.807, 2.05) is 42.5 Å². The second kappa shape index (κ2) is 12.3. The summed E-state index contributed by atoms with van der Waals surface area (Å²) < 4.78 is 6.23. The molecule has 0 fully saturated rings. The lowest BCUT2D eigenvalue weighted by molar-refractivity contribution is -0.126. The number of rotatable bonds is 9. The largest absolute Gasteiger partial charge is 0.483 e. The van der Waals surface area contributed by atoms with Gasteiger partial charge in [0.1, 0.15) is 5.75 Å². The minimum atomic E-state index is -0.952. The van der Waals surface area contributed by atoms with E-state index in [9.17, 15) is 9.59 Å². The van der Waals surface area contributed by atoms with Crippen molar-refractivity contribution in [1.82, 2.24) is 5.32 Å². The van der Waals surface area contributed by atoms with Crippen LogP contribution in [0.2, 0.25) is 0 Å². The van der Waals surface area contributed by atoms with E-state index in [4.69, 9.17) is 10.5 Å². The van der Waals surface area contributed by atoms with Gasteiger partial charge < -0.3 is 15.8 Å². The molecule has 0 saturated heterocycles. The van der Waals surface area contributed by atoms with E-state index in [1.165, 1.54) is 15.9 Å². The van der Waals surface area contributed by atoms with E-state index in [2.05, 4.69) is 96.3 Å². The molecule has 6 rings (SSSR count). The average molecular weight is 569 g/mol. The Kier molecular flexibility index (Phi) is 7.94. The normalized spacial score (nSPS) is 11.1. The molecule has 0 aliphatic rings. The van der Waals surface area contributed by atoms with Crippen LogP contribution in [0.3, 0.4) is 0 Å². The van der Waals surface area contributed by atoms with Crippen LogP contribution < -0.4 is 31.7 Å². The van der Waals surface area contributed by atoms with Crippen LogP contribution in [0.5, 0.6) is 5.75 Å². The van der Waals surface area contributed by atoms with Gasteiger partial charge in [0.2, 0.25) is 5.91 Å². The summed E-state index contributed by atoms with van der Waals surface area (Å²) in [5.74, 6) is -0.427. The number of primary amides is 1. The van der Waals surface area contributed by atoms with Crippen molar-refractivity contribution in [3.63, 3.8) is 0 Å². The van der Waals surface area contributed by atoms with Crippen LogP contribution in [0.4, 0.5) is 0 Å². The lowest BCUT2D eigenvalue weighted by Gasteiger charge is -2.25. The van der Waals surface area contributed by atoms with E-state index in [-0.39, 0.29) is 13.2 Å². The van der Waals surface area contributed by atoms with Gasteiger partial charge in [-0.05, 0) is 51.4 Å². The second-order valence-corrected chi connectivity index (χ2v) is 12.1. The number of benzene rings is 6. The highest BCUT2D eigenvalue weighted by molar-refractivity contribution is 7.80. The lowest BCUT2D eigenvalue weighted by atomic mass is 9.93. The fourth-order valence-electron chi connectivity index (χ4n) is 5.30. The zero-order valence-corrected chi connectivity index (χ0v) is 23.8. The van der Waals surface area contributed by atoms with E-state index < -0.39 is 19.7 Å². The minimum Gasteiger partial charge on any atom is -0.483 e. The first-order valence-corrected chi connectivity index (χ1v) is 15.1. The lowest BCUT2D eigenvalue weighted by Crippen LogP contribution is -2.36. The highest BCUT2D eigenvalue weighted by Gasteiger charge is 2.25. The van der Waals surface area contributed by atoms with E-state index in [0.717, 1.165) is 32.7 Å². The number of carbonyl (C=O) groups excluding carboxylic acids is 2. The first-order valence-electron chi connectivity index (χ1n) is 13.7. The average Bonchev–Trinajstić information content (AvgIpc) is 3.03. The van der Waals surface area contributed by atoms with Gasteiger partial charge in [-0.25, -0.2) is 0 Å². The van der Waals surface area contributed by atoms with Crippen molar-refractivity contribution < 1.29 is 14.3 Å². The summed E-state index contributed by atoms with van der Waals surface area (Å²) in [6.07, 6.45) is 0. The second-order valence-electron chi connectivity index (χ2n) is 9.88. The van der Waals surface area contributed by atoms with Crippen LogP contribution in [0.25, 0.3) is 32.7 Å². The molecule has 0 aromatic heterocycles. The summed E-state index contributed by atoms with van der Waals surface area (Å²) in [7, 11) is -0.952. The Bertz CT molecular complexity index is 1850. The van der Waals surface area contributed by atoms with Crippen molar-refractivity contribution in [3.8, 4) is 16.9 Å². The Labute approximate surface area is 245 Å². The summed E-state index contributed by atoms with van der Waals surface area (Å²) in [5.41, 5.74) is 7.22. The third-order valence-electron chi connectivity index (χ3n) is 7.14. The Morgan fingerprint density at radius 3 is 1.74 bits per heavy atom. The van der Waals surface area contributed by atoms with E-state index in [0.29, 0.717) is 5.75 Å². The maximum atomic E-state index is 12.5. The fourth-order valence-corrected chi connectivity index (χ4v) is 7.77. The molecule has 0 aliphatic heterocycles. The maximum absolute atomic E-state index is 12.5. The first-order chi connectivity index (χ1) is 20.6. The van der Waals surface area contributed by atoms with Crippen LogP contribution in [0.15, 0.2) is 133 Å². The van der Waals surface area contributed by atoms with Gasteiger partial charge in [-0.1, -0.05) is 127 Å². The SMILES string of the molecule is NC(=O)CNC(=O)COc1ccc2ccccc2c1-c1c(P(c2ccccc2)c2ccccc2)ccc2ccccc12. The zero-order valence-electron chi connectivity index (χ0n) is 22.9. The van der Waals surface area contributed by atoms with Gasteiger partial charge in [0.25, 0.3) is 5.91 Å². The molecular formula is C36H29N2O3P. The number of hydrogen-bond donors (Lipinski definition) is 2. The summed E-state index contributed by atoms with van der Waals surface area (Å²) in [6.45, 7) is -0.483. The number of nitrogens with two attached hydrogens (primary N) is 1. The van der Waals surface area contributed by atoms with Crippen molar-refractivity contribution in [1.29, 1.82) is 0 Å². The predicted octanol–water partition coefficient (Wildman–Crippen LogP) is 5.40. The molecular weight excluding hydrogens is 539 g/mol. The molecule has 6 aromatic carbocycles. The first kappa shape index (κ1) is 27.2. The highest BCUT2D eigenvalue weighted by atomic mass is 31.1. The van der Waals surface area contributed by atoms with Gasteiger partial charge in [0.05, 0.1) is 6.54 Å². The molecule has 3 N–H and O–H groups in total. The van der Waals surface area contributed by atoms with Crippen molar-refractivity contribution in [2.45, 2.75) is 0 Å². The van der Waals surface area contributed by atoms with Crippen molar-refractivity contribution >= 4 is 57.2 Å². The van der Waals surface area contributed by atoms with Gasteiger partial charge in [-0.3, -0.25) is 9.59 Å². The number of carbonyl (C=O) groups is 2. The Balaban J connectivity index is 1.62. The molecule has 6 aromatic rings. The molecule has 0 heterocycles. The number of amides is 2. The van der Waals surface area contributed by atoms with Gasteiger partial charge in [-0.2, -0.15) is 0 Å². The monoisotopic (exact) mass is 568 g/mol. The summed E-state index contributed by atoms with van der Waals surface area (Å²) >= 11 is 0. The van der Waals surface area contributed by atoms with Crippen LogP contribution in [0, 0.1) is 0 Å². The molecule has 0 aliphatic carbocycles. The summed E-state index contributed by atoms with van der Waals surface area (Å²) in [5, 5.41) is 10.5. The van der Waals surface area contributed by atoms with Gasteiger partial charge in [0.15, 0.2) is 6.61 Å². The van der Waals surface area contributed by atoms with Gasteiger partial charge in [-0.15, -0.1) is 0 Å². The predicted molar refractivity (Wildman–Crippen MR) is 173 cm³/mol.